The van der Waals surface area contributed by atoms with Crippen molar-refractivity contribution in [2.24, 2.45) is 0 Å². The Hall–Kier alpha value is -1.27. The molecule has 0 saturated carbocycles. The van der Waals surface area contributed by atoms with Crippen LogP contribution in [0, 0.1) is 6.92 Å². The fourth-order valence-electron chi connectivity index (χ4n) is 1.02. The summed E-state index contributed by atoms with van der Waals surface area (Å²) in [7, 11) is 0. The largest absolute Gasteiger partial charge is 0.338 e. The number of nitrogens with zero attached hydrogens (tertiary/aromatic N) is 1. The van der Waals surface area contributed by atoms with Crippen molar-refractivity contribution in [2.75, 3.05) is 0 Å². The Morgan fingerprint density at radius 1 is 1.47 bits per heavy atom. The van der Waals surface area contributed by atoms with E-state index < -0.39 is 5.69 Å². The molecule has 0 aliphatic carbocycles. The van der Waals surface area contributed by atoms with E-state index in [9.17, 15) is 9.59 Å². The minimum atomic E-state index is -0.399. The van der Waals surface area contributed by atoms with E-state index in [-0.39, 0.29) is 5.56 Å². The molecule has 2 aromatic rings. The third-order valence-electron chi connectivity index (χ3n) is 1.77. The van der Waals surface area contributed by atoms with Gasteiger partial charge in [-0.3, -0.25) is 9.78 Å². The average Bonchev–Trinajstić information content (AvgIpc) is 2.67. The Kier molecular flexibility index (Phi) is 2.79. The SMILES string of the molecule is Cc1cn(Sc2cccs2)c(=O)[nH]c1=O. The summed E-state index contributed by atoms with van der Waals surface area (Å²) in [4.78, 5) is 24.8. The highest BCUT2D eigenvalue weighted by molar-refractivity contribution is 7.99. The number of thiophene rings is 1. The molecule has 78 valence electrons. The fraction of sp³-hybridized carbons (Fsp3) is 0.111. The first-order chi connectivity index (χ1) is 7.16. The quantitative estimate of drug-likeness (QED) is 0.864. The zero-order valence-electron chi connectivity index (χ0n) is 7.89. The summed E-state index contributed by atoms with van der Waals surface area (Å²) in [6, 6.07) is 3.83. The van der Waals surface area contributed by atoms with Crippen molar-refractivity contribution in [1.29, 1.82) is 0 Å². The molecule has 0 atom stereocenters. The summed E-state index contributed by atoms with van der Waals surface area (Å²) >= 11 is 2.84. The van der Waals surface area contributed by atoms with Crippen molar-refractivity contribution in [2.45, 2.75) is 11.1 Å². The van der Waals surface area contributed by atoms with Crippen LogP contribution < -0.4 is 11.2 Å². The molecule has 0 amide bonds. The molecule has 0 spiro atoms. The Balaban J connectivity index is 2.42. The van der Waals surface area contributed by atoms with E-state index in [1.807, 2.05) is 17.5 Å². The van der Waals surface area contributed by atoms with Crippen molar-refractivity contribution >= 4 is 23.3 Å². The summed E-state index contributed by atoms with van der Waals surface area (Å²) in [6.45, 7) is 1.67. The van der Waals surface area contributed by atoms with Crippen molar-refractivity contribution in [3.8, 4) is 0 Å². The second-order valence-corrected chi connectivity index (χ2v) is 5.14. The molecule has 0 aromatic carbocycles. The zero-order chi connectivity index (χ0) is 10.8. The number of nitrogens with one attached hydrogen (secondary N) is 1. The van der Waals surface area contributed by atoms with E-state index in [0.717, 1.165) is 4.21 Å². The van der Waals surface area contributed by atoms with Crippen LogP contribution in [0.15, 0.2) is 37.5 Å². The Labute approximate surface area is 93.7 Å². The average molecular weight is 240 g/mol. The van der Waals surface area contributed by atoms with Crippen LogP contribution in [0.1, 0.15) is 5.56 Å². The highest BCUT2D eigenvalue weighted by atomic mass is 32.2. The molecular formula is C9H8N2O2S2. The normalized spacial score (nSPS) is 10.5. The van der Waals surface area contributed by atoms with E-state index in [0.29, 0.717) is 5.56 Å². The molecule has 0 fully saturated rings. The molecule has 0 aliphatic rings. The highest BCUT2D eigenvalue weighted by Gasteiger charge is 2.02. The molecule has 0 aliphatic heterocycles. The standard InChI is InChI=1S/C9H8N2O2S2/c1-6-5-11(9(13)10-8(6)12)15-7-3-2-4-14-7/h2-5H,1H3,(H,10,12,13). The van der Waals surface area contributed by atoms with Crippen LogP contribution in [-0.4, -0.2) is 8.96 Å². The zero-order valence-corrected chi connectivity index (χ0v) is 9.52. The van der Waals surface area contributed by atoms with Gasteiger partial charge in [-0.05, 0) is 18.4 Å². The van der Waals surface area contributed by atoms with Crippen LogP contribution in [0.5, 0.6) is 0 Å². The topological polar surface area (TPSA) is 54.9 Å². The van der Waals surface area contributed by atoms with Crippen LogP contribution in [0.2, 0.25) is 0 Å². The molecule has 0 saturated heterocycles. The van der Waals surface area contributed by atoms with Gasteiger partial charge >= 0.3 is 5.69 Å². The maximum absolute atomic E-state index is 11.4. The number of aryl methyl sites for hydroxylation is 1. The fourth-order valence-corrected chi connectivity index (χ4v) is 2.72. The van der Waals surface area contributed by atoms with Gasteiger partial charge in [0.15, 0.2) is 0 Å². The summed E-state index contributed by atoms with van der Waals surface area (Å²) in [5.41, 5.74) is -0.203. The predicted molar refractivity (Wildman–Crippen MR) is 61.6 cm³/mol. The molecule has 0 unspecified atom stereocenters. The molecule has 15 heavy (non-hydrogen) atoms. The smallest absolute Gasteiger partial charge is 0.273 e. The van der Waals surface area contributed by atoms with Gasteiger partial charge < -0.3 is 0 Å². The van der Waals surface area contributed by atoms with Gasteiger partial charge in [0.25, 0.3) is 5.56 Å². The van der Waals surface area contributed by atoms with Crippen LogP contribution in [-0.2, 0) is 0 Å². The third-order valence-corrected chi connectivity index (χ3v) is 3.73. The molecule has 2 aromatic heterocycles. The van der Waals surface area contributed by atoms with E-state index in [1.165, 1.54) is 15.9 Å². The van der Waals surface area contributed by atoms with E-state index in [2.05, 4.69) is 4.98 Å². The van der Waals surface area contributed by atoms with Crippen molar-refractivity contribution in [1.82, 2.24) is 8.96 Å². The predicted octanol–water partition coefficient (Wildman–Crippen LogP) is 1.46. The molecule has 1 N–H and O–H groups in total. The molecule has 4 nitrogen and oxygen atoms in total. The number of rotatable bonds is 2. The number of H-pyrrole nitrogens is 1. The second kappa shape index (κ2) is 4.08. The maximum Gasteiger partial charge on any atom is 0.338 e. The van der Waals surface area contributed by atoms with Crippen molar-refractivity contribution in [3.05, 3.63) is 50.1 Å². The van der Waals surface area contributed by atoms with Gasteiger partial charge in [-0.25, -0.2) is 8.77 Å². The summed E-state index contributed by atoms with van der Waals surface area (Å²) in [5, 5.41) is 1.94. The first-order valence-corrected chi connectivity index (χ1v) is 5.86. The van der Waals surface area contributed by atoms with Gasteiger partial charge in [-0.1, -0.05) is 6.07 Å². The van der Waals surface area contributed by atoms with Crippen molar-refractivity contribution < 1.29 is 0 Å². The maximum atomic E-state index is 11.4. The van der Waals surface area contributed by atoms with Gasteiger partial charge in [0, 0.05) is 23.7 Å². The van der Waals surface area contributed by atoms with Crippen LogP contribution in [0.4, 0.5) is 0 Å². The highest BCUT2D eigenvalue weighted by Crippen LogP contribution is 2.23. The molecule has 2 rings (SSSR count). The van der Waals surface area contributed by atoms with Gasteiger partial charge in [0.2, 0.25) is 0 Å². The minimum absolute atomic E-state index is 0.331. The van der Waals surface area contributed by atoms with Gasteiger partial charge in [-0.2, -0.15) is 0 Å². The van der Waals surface area contributed by atoms with E-state index in [1.54, 1.807) is 24.5 Å². The first-order valence-electron chi connectivity index (χ1n) is 4.21. The van der Waals surface area contributed by atoms with Gasteiger partial charge in [0.05, 0.1) is 4.21 Å². The minimum Gasteiger partial charge on any atom is -0.273 e. The van der Waals surface area contributed by atoms with Gasteiger partial charge in [0.1, 0.15) is 0 Å². The number of aromatic nitrogens is 2. The lowest BCUT2D eigenvalue weighted by Gasteiger charge is -2.01. The molecule has 2 heterocycles. The number of aromatic amines is 1. The number of hydrogen-bond donors (Lipinski definition) is 1. The lowest BCUT2D eigenvalue weighted by molar-refractivity contribution is 0.964. The second-order valence-electron chi connectivity index (χ2n) is 2.92. The lowest BCUT2D eigenvalue weighted by Crippen LogP contribution is -2.27. The number of hydrogen-bond acceptors (Lipinski definition) is 4. The van der Waals surface area contributed by atoms with Crippen molar-refractivity contribution in [3.63, 3.8) is 0 Å². The summed E-state index contributed by atoms with van der Waals surface area (Å²) in [6.07, 6.45) is 1.55. The van der Waals surface area contributed by atoms with Gasteiger partial charge in [-0.15, -0.1) is 11.3 Å². The summed E-state index contributed by atoms with van der Waals surface area (Å²) in [5.74, 6) is 0. The molecule has 0 radical (unpaired) electrons. The summed E-state index contributed by atoms with van der Waals surface area (Å²) < 4.78 is 2.42. The molecule has 0 bridgehead atoms. The molecular weight excluding hydrogens is 232 g/mol. The van der Waals surface area contributed by atoms with Crippen LogP contribution in [0.3, 0.4) is 0 Å². The molecule has 6 heteroatoms. The monoisotopic (exact) mass is 240 g/mol. The van der Waals surface area contributed by atoms with Crippen LogP contribution in [0.25, 0.3) is 0 Å². The van der Waals surface area contributed by atoms with Crippen LogP contribution >= 0.6 is 23.3 Å². The first kappa shape index (κ1) is 10.3. The Morgan fingerprint density at radius 3 is 2.93 bits per heavy atom. The Morgan fingerprint density at radius 2 is 2.27 bits per heavy atom. The third kappa shape index (κ3) is 2.21. The Bertz CT molecular complexity index is 569. The van der Waals surface area contributed by atoms with E-state index >= 15 is 0 Å². The van der Waals surface area contributed by atoms with E-state index in [4.69, 9.17) is 0 Å². The lowest BCUT2D eigenvalue weighted by atomic mass is 10.4.